The van der Waals surface area contributed by atoms with E-state index in [1.54, 1.807) is 12.1 Å². The molecule has 1 aromatic carbocycles. The van der Waals surface area contributed by atoms with Crippen LogP contribution >= 0.6 is 0 Å². The number of nitrogen functional groups attached to an aromatic ring is 1. The minimum atomic E-state index is -0.502. The lowest BCUT2D eigenvalue weighted by Crippen LogP contribution is -2.11. The van der Waals surface area contributed by atoms with Gasteiger partial charge in [0.15, 0.2) is 5.75 Å². The van der Waals surface area contributed by atoms with Crippen molar-refractivity contribution in [3.05, 3.63) is 28.3 Å². The quantitative estimate of drug-likeness (QED) is 0.469. The Hall–Kier alpha value is -1.78. The number of para-hydroxylation sites is 1. The van der Waals surface area contributed by atoms with Gasteiger partial charge in [0, 0.05) is 0 Å². The first-order valence-electron chi connectivity index (χ1n) is 5.75. The monoisotopic (exact) mass is 238 g/mol. The summed E-state index contributed by atoms with van der Waals surface area (Å²) in [7, 11) is 0. The Kier molecular flexibility index (Phi) is 4.75. The highest BCUT2D eigenvalue weighted by atomic mass is 16.6. The molecule has 0 radical (unpaired) electrons. The lowest BCUT2D eigenvalue weighted by atomic mass is 10.1. The lowest BCUT2D eigenvalue weighted by molar-refractivity contribution is -0.384. The maximum atomic E-state index is 10.9. The summed E-state index contributed by atoms with van der Waals surface area (Å²) < 4.78 is 5.50. The first-order valence-corrected chi connectivity index (χ1v) is 5.75. The van der Waals surface area contributed by atoms with Crippen LogP contribution in [0.2, 0.25) is 0 Å². The molecule has 0 saturated carbocycles. The normalized spacial score (nSPS) is 10.5. The number of nitro groups is 1. The molecule has 0 heterocycles. The standard InChI is InChI=1S/C12H18N2O3/c1-3-9(4-2)8-17-11-7-5-6-10(13)12(11)14(15)16/h5-7,9H,3-4,8,13H2,1-2H3. The van der Waals surface area contributed by atoms with Gasteiger partial charge >= 0.3 is 5.69 Å². The van der Waals surface area contributed by atoms with Crippen molar-refractivity contribution in [1.82, 2.24) is 0 Å². The van der Waals surface area contributed by atoms with E-state index >= 15 is 0 Å². The number of hydrogen-bond acceptors (Lipinski definition) is 4. The van der Waals surface area contributed by atoms with Crippen LogP contribution in [-0.2, 0) is 0 Å². The fraction of sp³-hybridized carbons (Fsp3) is 0.500. The Morgan fingerprint density at radius 3 is 2.59 bits per heavy atom. The van der Waals surface area contributed by atoms with Gasteiger partial charge in [-0.3, -0.25) is 10.1 Å². The third-order valence-electron chi connectivity index (χ3n) is 2.84. The summed E-state index contributed by atoms with van der Waals surface area (Å²) in [4.78, 5) is 10.4. The Morgan fingerprint density at radius 1 is 1.41 bits per heavy atom. The zero-order valence-corrected chi connectivity index (χ0v) is 10.2. The molecule has 0 saturated heterocycles. The number of ether oxygens (including phenoxy) is 1. The Labute approximate surface area is 101 Å². The van der Waals surface area contributed by atoms with E-state index in [2.05, 4.69) is 13.8 Å². The zero-order valence-electron chi connectivity index (χ0n) is 10.2. The van der Waals surface area contributed by atoms with Crippen LogP contribution in [0.25, 0.3) is 0 Å². The maximum absolute atomic E-state index is 10.9. The smallest absolute Gasteiger partial charge is 0.333 e. The molecule has 5 nitrogen and oxygen atoms in total. The Balaban J connectivity index is 2.84. The van der Waals surface area contributed by atoms with E-state index in [0.717, 1.165) is 12.8 Å². The van der Waals surface area contributed by atoms with Crippen LogP contribution in [0, 0.1) is 16.0 Å². The van der Waals surface area contributed by atoms with E-state index in [4.69, 9.17) is 10.5 Å². The molecule has 0 aliphatic heterocycles. The van der Waals surface area contributed by atoms with Crippen molar-refractivity contribution < 1.29 is 9.66 Å². The average molecular weight is 238 g/mol. The summed E-state index contributed by atoms with van der Waals surface area (Å²) in [6.07, 6.45) is 1.99. The van der Waals surface area contributed by atoms with Crippen LogP contribution in [0.4, 0.5) is 11.4 Å². The van der Waals surface area contributed by atoms with E-state index in [9.17, 15) is 10.1 Å². The van der Waals surface area contributed by atoms with Crippen LogP contribution in [0.15, 0.2) is 18.2 Å². The fourth-order valence-electron chi connectivity index (χ4n) is 1.58. The van der Waals surface area contributed by atoms with Gasteiger partial charge in [-0.15, -0.1) is 0 Å². The van der Waals surface area contributed by atoms with E-state index in [-0.39, 0.29) is 17.1 Å². The number of nitrogens with two attached hydrogens (primary N) is 1. The van der Waals surface area contributed by atoms with Crippen molar-refractivity contribution in [2.45, 2.75) is 26.7 Å². The zero-order chi connectivity index (χ0) is 12.8. The van der Waals surface area contributed by atoms with Gasteiger partial charge in [-0.1, -0.05) is 32.8 Å². The van der Waals surface area contributed by atoms with E-state index in [1.165, 1.54) is 6.07 Å². The van der Waals surface area contributed by atoms with E-state index in [0.29, 0.717) is 12.5 Å². The van der Waals surface area contributed by atoms with Crippen molar-refractivity contribution in [2.24, 2.45) is 5.92 Å². The van der Waals surface area contributed by atoms with Crippen molar-refractivity contribution in [3.63, 3.8) is 0 Å². The second-order valence-corrected chi connectivity index (χ2v) is 3.94. The Bertz CT molecular complexity index is 389. The molecule has 0 aliphatic rings. The van der Waals surface area contributed by atoms with E-state index in [1.807, 2.05) is 0 Å². The number of hydrogen-bond donors (Lipinski definition) is 1. The van der Waals surface area contributed by atoms with Crippen LogP contribution in [0.5, 0.6) is 5.75 Å². The first kappa shape index (κ1) is 13.3. The van der Waals surface area contributed by atoms with Crippen LogP contribution < -0.4 is 10.5 Å². The molecule has 1 rings (SSSR count). The molecule has 0 aliphatic carbocycles. The lowest BCUT2D eigenvalue weighted by Gasteiger charge is -2.14. The molecule has 0 unspecified atom stereocenters. The summed E-state index contributed by atoms with van der Waals surface area (Å²) in [5.41, 5.74) is 5.57. The van der Waals surface area contributed by atoms with Gasteiger partial charge in [0.05, 0.1) is 11.5 Å². The summed E-state index contributed by atoms with van der Waals surface area (Å²) >= 11 is 0. The number of nitrogens with zero attached hydrogens (tertiary/aromatic N) is 1. The minimum absolute atomic E-state index is 0.136. The van der Waals surface area contributed by atoms with Gasteiger partial charge in [0.25, 0.3) is 0 Å². The second kappa shape index (κ2) is 6.08. The Morgan fingerprint density at radius 2 is 2.06 bits per heavy atom. The van der Waals surface area contributed by atoms with Gasteiger partial charge in [0.1, 0.15) is 5.69 Å². The fourth-order valence-corrected chi connectivity index (χ4v) is 1.58. The van der Waals surface area contributed by atoms with Crippen molar-refractivity contribution >= 4 is 11.4 Å². The van der Waals surface area contributed by atoms with Gasteiger partial charge in [-0.05, 0) is 18.1 Å². The predicted octanol–water partition coefficient (Wildman–Crippen LogP) is 2.99. The maximum Gasteiger partial charge on any atom is 0.333 e. The first-order chi connectivity index (χ1) is 8.10. The molecule has 2 N–H and O–H groups in total. The average Bonchev–Trinajstić information content (AvgIpc) is 2.29. The molecule has 0 aromatic heterocycles. The molecule has 0 spiro atoms. The molecule has 17 heavy (non-hydrogen) atoms. The third kappa shape index (κ3) is 3.34. The molecule has 0 bridgehead atoms. The van der Waals surface area contributed by atoms with Crippen LogP contribution in [0.1, 0.15) is 26.7 Å². The van der Waals surface area contributed by atoms with E-state index < -0.39 is 4.92 Å². The highest BCUT2D eigenvalue weighted by molar-refractivity contribution is 5.65. The third-order valence-corrected chi connectivity index (χ3v) is 2.84. The summed E-state index contributed by atoms with van der Waals surface area (Å²) in [5, 5.41) is 10.9. The molecular formula is C12H18N2O3. The van der Waals surface area contributed by atoms with Gasteiger partial charge in [-0.2, -0.15) is 0 Å². The minimum Gasteiger partial charge on any atom is -0.486 e. The van der Waals surface area contributed by atoms with Crippen LogP contribution in [-0.4, -0.2) is 11.5 Å². The molecular weight excluding hydrogens is 220 g/mol. The molecule has 5 heteroatoms. The summed E-state index contributed by atoms with van der Waals surface area (Å²) in [6.45, 7) is 4.63. The molecule has 1 aromatic rings. The van der Waals surface area contributed by atoms with Crippen molar-refractivity contribution in [2.75, 3.05) is 12.3 Å². The molecule has 0 atom stereocenters. The second-order valence-electron chi connectivity index (χ2n) is 3.94. The molecule has 0 amide bonds. The largest absolute Gasteiger partial charge is 0.486 e. The highest BCUT2D eigenvalue weighted by Gasteiger charge is 2.19. The van der Waals surface area contributed by atoms with Gasteiger partial charge in [-0.25, -0.2) is 0 Å². The number of nitro benzene ring substituents is 1. The molecule has 0 fully saturated rings. The number of benzene rings is 1. The summed E-state index contributed by atoms with van der Waals surface area (Å²) in [5.74, 6) is 0.665. The van der Waals surface area contributed by atoms with Crippen LogP contribution in [0.3, 0.4) is 0 Å². The summed E-state index contributed by atoms with van der Waals surface area (Å²) in [6, 6.07) is 4.74. The number of rotatable bonds is 6. The topological polar surface area (TPSA) is 78.4 Å². The molecule has 94 valence electrons. The van der Waals surface area contributed by atoms with Gasteiger partial charge in [0.2, 0.25) is 0 Å². The van der Waals surface area contributed by atoms with Crippen molar-refractivity contribution in [3.8, 4) is 5.75 Å². The van der Waals surface area contributed by atoms with Crippen molar-refractivity contribution in [1.29, 1.82) is 0 Å². The highest BCUT2D eigenvalue weighted by Crippen LogP contribution is 2.32. The van der Waals surface area contributed by atoms with Gasteiger partial charge < -0.3 is 10.5 Å². The SMILES string of the molecule is CCC(CC)COc1cccc(N)c1[N+](=O)[O-]. The predicted molar refractivity (Wildman–Crippen MR) is 67.1 cm³/mol. The number of anilines is 1.